The van der Waals surface area contributed by atoms with Gasteiger partial charge in [0.15, 0.2) is 6.10 Å². The van der Waals surface area contributed by atoms with E-state index in [0.29, 0.717) is 11.0 Å². The standard InChI is InChI=1S/C19H13ClFNO5/c1-10(17(23)22-15-7-6-12(21)9-14(15)20)26-18(24)13-8-11-4-2-3-5-16(11)27-19(13)25/h2-10H,1H3,(H,22,23)/t10-/m0/s1. The Labute approximate surface area is 157 Å². The first kappa shape index (κ1) is 18.6. The van der Waals surface area contributed by atoms with E-state index in [0.717, 1.165) is 12.1 Å². The third kappa shape index (κ3) is 4.15. The average Bonchev–Trinajstić information content (AvgIpc) is 2.63. The van der Waals surface area contributed by atoms with Crippen molar-refractivity contribution in [3.63, 3.8) is 0 Å². The van der Waals surface area contributed by atoms with Crippen LogP contribution in [-0.2, 0) is 9.53 Å². The maximum Gasteiger partial charge on any atom is 0.351 e. The fraction of sp³-hybridized carbons (Fsp3) is 0.105. The Bertz CT molecular complexity index is 1090. The number of nitrogens with one attached hydrogen (secondary N) is 1. The van der Waals surface area contributed by atoms with Gasteiger partial charge < -0.3 is 14.5 Å². The molecule has 1 atom stereocenters. The lowest BCUT2D eigenvalue weighted by Crippen LogP contribution is -2.31. The second-order valence-electron chi connectivity index (χ2n) is 5.65. The summed E-state index contributed by atoms with van der Waals surface area (Å²) in [6.45, 7) is 1.33. The lowest BCUT2D eigenvalue weighted by atomic mass is 10.2. The molecule has 3 rings (SSSR count). The second kappa shape index (κ2) is 7.59. The summed E-state index contributed by atoms with van der Waals surface area (Å²) in [5, 5.41) is 2.96. The minimum atomic E-state index is -1.23. The van der Waals surface area contributed by atoms with Crippen LogP contribution in [0.5, 0.6) is 0 Å². The van der Waals surface area contributed by atoms with Crippen LogP contribution in [0.15, 0.2) is 57.7 Å². The minimum absolute atomic E-state index is 0.00273. The van der Waals surface area contributed by atoms with Gasteiger partial charge in [-0.2, -0.15) is 0 Å². The maximum atomic E-state index is 13.0. The van der Waals surface area contributed by atoms with E-state index in [1.165, 1.54) is 19.1 Å². The number of anilines is 1. The Kier molecular flexibility index (Phi) is 5.23. The van der Waals surface area contributed by atoms with Crippen LogP contribution in [0.1, 0.15) is 17.3 Å². The van der Waals surface area contributed by atoms with Crippen LogP contribution in [0.3, 0.4) is 0 Å². The van der Waals surface area contributed by atoms with Crippen LogP contribution in [-0.4, -0.2) is 18.0 Å². The van der Waals surface area contributed by atoms with Gasteiger partial charge in [0.2, 0.25) is 0 Å². The Balaban J connectivity index is 1.74. The molecule has 138 valence electrons. The number of carbonyl (C=O) groups excluding carboxylic acids is 2. The molecule has 2 aromatic carbocycles. The molecule has 1 heterocycles. The Morgan fingerprint density at radius 3 is 2.67 bits per heavy atom. The van der Waals surface area contributed by atoms with Crippen molar-refractivity contribution < 1.29 is 23.1 Å². The molecule has 0 bridgehead atoms. The number of esters is 1. The van der Waals surface area contributed by atoms with Gasteiger partial charge in [-0.05, 0) is 37.3 Å². The number of rotatable bonds is 4. The monoisotopic (exact) mass is 389 g/mol. The zero-order valence-electron chi connectivity index (χ0n) is 14.0. The van der Waals surface area contributed by atoms with Crippen molar-refractivity contribution >= 4 is 40.1 Å². The van der Waals surface area contributed by atoms with Crippen LogP contribution in [0, 0.1) is 5.82 Å². The molecule has 0 radical (unpaired) electrons. The van der Waals surface area contributed by atoms with E-state index in [2.05, 4.69) is 5.32 Å². The van der Waals surface area contributed by atoms with E-state index in [-0.39, 0.29) is 16.3 Å². The van der Waals surface area contributed by atoms with E-state index in [1.807, 2.05) is 0 Å². The number of benzene rings is 2. The molecule has 1 N–H and O–H groups in total. The van der Waals surface area contributed by atoms with Gasteiger partial charge >= 0.3 is 11.6 Å². The molecule has 0 fully saturated rings. The molecule has 6 nitrogen and oxygen atoms in total. The van der Waals surface area contributed by atoms with Gasteiger partial charge in [0, 0.05) is 5.39 Å². The Morgan fingerprint density at radius 1 is 1.19 bits per heavy atom. The van der Waals surface area contributed by atoms with E-state index in [9.17, 15) is 18.8 Å². The topological polar surface area (TPSA) is 85.6 Å². The lowest BCUT2D eigenvalue weighted by Gasteiger charge is -2.14. The molecule has 1 amide bonds. The van der Waals surface area contributed by atoms with Crippen LogP contribution < -0.4 is 10.9 Å². The molecular formula is C19H13ClFNO5. The number of fused-ring (bicyclic) bond motifs is 1. The molecular weight excluding hydrogens is 377 g/mol. The number of hydrogen-bond donors (Lipinski definition) is 1. The van der Waals surface area contributed by atoms with Crippen LogP contribution in [0.2, 0.25) is 5.02 Å². The zero-order chi connectivity index (χ0) is 19.6. The van der Waals surface area contributed by atoms with E-state index in [1.54, 1.807) is 24.3 Å². The molecule has 0 unspecified atom stereocenters. The lowest BCUT2D eigenvalue weighted by molar-refractivity contribution is -0.123. The van der Waals surface area contributed by atoms with E-state index in [4.69, 9.17) is 20.8 Å². The van der Waals surface area contributed by atoms with Crippen molar-refractivity contribution in [3.8, 4) is 0 Å². The molecule has 0 aliphatic carbocycles. The Hall–Kier alpha value is -3.19. The van der Waals surface area contributed by atoms with Crippen molar-refractivity contribution in [2.24, 2.45) is 0 Å². The smallest absolute Gasteiger partial charge is 0.351 e. The number of hydrogen-bond acceptors (Lipinski definition) is 5. The minimum Gasteiger partial charge on any atom is -0.449 e. The summed E-state index contributed by atoms with van der Waals surface area (Å²) < 4.78 is 23.2. The number of ether oxygens (including phenoxy) is 1. The van der Waals surface area contributed by atoms with Crippen molar-refractivity contribution in [1.29, 1.82) is 0 Å². The molecule has 8 heteroatoms. The fourth-order valence-electron chi connectivity index (χ4n) is 2.31. The summed E-state index contributed by atoms with van der Waals surface area (Å²) in [7, 11) is 0. The first-order valence-corrected chi connectivity index (χ1v) is 8.23. The predicted octanol–water partition coefficient (Wildman–Crippen LogP) is 3.77. The van der Waals surface area contributed by atoms with Gasteiger partial charge in [-0.3, -0.25) is 4.79 Å². The quantitative estimate of drug-likeness (QED) is 0.542. The predicted molar refractivity (Wildman–Crippen MR) is 97.4 cm³/mol. The normalized spacial score (nSPS) is 11.8. The summed E-state index contributed by atoms with van der Waals surface area (Å²) in [6.07, 6.45) is -1.23. The molecule has 0 aliphatic heterocycles. The molecule has 0 aliphatic rings. The first-order valence-electron chi connectivity index (χ1n) is 7.85. The second-order valence-corrected chi connectivity index (χ2v) is 6.05. The van der Waals surface area contributed by atoms with Gasteiger partial charge in [-0.1, -0.05) is 29.8 Å². The van der Waals surface area contributed by atoms with Crippen molar-refractivity contribution in [3.05, 3.63) is 75.4 Å². The Morgan fingerprint density at radius 2 is 1.93 bits per heavy atom. The van der Waals surface area contributed by atoms with E-state index < -0.39 is 29.4 Å². The van der Waals surface area contributed by atoms with Gasteiger partial charge in [-0.25, -0.2) is 14.0 Å². The van der Waals surface area contributed by atoms with Gasteiger partial charge in [-0.15, -0.1) is 0 Å². The molecule has 0 saturated heterocycles. The van der Waals surface area contributed by atoms with Crippen LogP contribution in [0.25, 0.3) is 11.0 Å². The first-order chi connectivity index (χ1) is 12.8. The van der Waals surface area contributed by atoms with E-state index >= 15 is 0 Å². The highest BCUT2D eigenvalue weighted by Crippen LogP contribution is 2.22. The SMILES string of the molecule is C[C@H](OC(=O)c1cc2ccccc2oc1=O)C(=O)Nc1ccc(F)cc1Cl. The molecule has 0 spiro atoms. The molecule has 1 aromatic heterocycles. The summed E-state index contributed by atoms with van der Waals surface area (Å²) in [5.41, 5.74) is -0.701. The summed E-state index contributed by atoms with van der Waals surface area (Å²) >= 11 is 5.84. The maximum absolute atomic E-state index is 13.0. The van der Waals surface area contributed by atoms with Crippen LogP contribution in [0.4, 0.5) is 10.1 Å². The molecule has 3 aromatic rings. The van der Waals surface area contributed by atoms with Crippen LogP contribution >= 0.6 is 11.6 Å². The van der Waals surface area contributed by atoms with Gasteiger partial charge in [0.1, 0.15) is 17.0 Å². The fourth-order valence-corrected chi connectivity index (χ4v) is 2.52. The van der Waals surface area contributed by atoms with Crippen molar-refractivity contribution in [2.45, 2.75) is 13.0 Å². The largest absolute Gasteiger partial charge is 0.449 e. The van der Waals surface area contributed by atoms with Gasteiger partial charge in [0.25, 0.3) is 5.91 Å². The van der Waals surface area contributed by atoms with Crippen molar-refractivity contribution in [1.82, 2.24) is 0 Å². The summed E-state index contributed by atoms with van der Waals surface area (Å²) in [4.78, 5) is 36.4. The number of halogens is 2. The summed E-state index contributed by atoms with van der Waals surface area (Å²) in [5.74, 6) is -2.25. The molecule has 27 heavy (non-hydrogen) atoms. The van der Waals surface area contributed by atoms with Gasteiger partial charge in [0.05, 0.1) is 10.7 Å². The summed E-state index contributed by atoms with van der Waals surface area (Å²) in [6, 6.07) is 11.5. The highest BCUT2D eigenvalue weighted by Gasteiger charge is 2.22. The third-order valence-corrected chi connectivity index (χ3v) is 4.02. The number of amides is 1. The third-order valence-electron chi connectivity index (χ3n) is 3.70. The average molecular weight is 390 g/mol. The highest BCUT2D eigenvalue weighted by molar-refractivity contribution is 6.33. The number of carbonyl (C=O) groups is 2. The zero-order valence-corrected chi connectivity index (χ0v) is 14.7. The molecule has 0 saturated carbocycles. The number of para-hydroxylation sites is 1. The highest BCUT2D eigenvalue weighted by atomic mass is 35.5. The van der Waals surface area contributed by atoms with Crippen molar-refractivity contribution in [2.75, 3.05) is 5.32 Å².